The first kappa shape index (κ1) is 8.64. The van der Waals surface area contributed by atoms with Crippen molar-refractivity contribution >= 4 is 5.71 Å². The minimum absolute atomic E-state index is 0.195. The quantitative estimate of drug-likeness (QED) is 0.700. The van der Waals surface area contributed by atoms with Crippen LogP contribution in [0.5, 0.6) is 0 Å². The van der Waals surface area contributed by atoms with E-state index in [1.165, 1.54) is 16.8 Å². The van der Waals surface area contributed by atoms with E-state index in [1.54, 1.807) is 0 Å². The number of aryl methyl sites for hydroxylation is 1. The Morgan fingerprint density at radius 3 is 3.25 bits per heavy atom. The van der Waals surface area contributed by atoms with Crippen molar-refractivity contribution in [2.45, 2.75) is 37.7 Å². The van der Waals surface area contributed by atoms with Gasteiger partial charge in [0.25, 0.3) is 0 Å². The molecule has 1 aromatic rings. The van der Waals surface area contributed by atoms with Crippen molar-refractivity contribution in [3.63, 3.8) is 0 Å². The summed E-state index contributed by atoms with van der Waals surface area (Å²) in [6, 6.07) is 0. The number of aliphatic hydroxyl groups is 1. The molecule has 1 N–H and O–H groups in total. The average molecular weight is 216 g/mol. The Morgan fingerprint density at radius 1 is 1.38 bits per heavy atom. The standard InChI is InChI=1S/C11H12N4O/c16-7-2-1-6-5-15-11(8(6)3-7)9-4-10(9)12-13-14-15/h5,7,9,16H,1-4H2. The Labute approximate surface area is 92.5 Å². The number of nitrogens with zero attached hydrogens (tertiary/aromatic N) is 4. The molecule has 1 aromatic heterocycles. The van der Waals surface area contributed by atoms with E-state index in [4.69, 9.17) is 0 Å². The van der Waals surface area contributed by atoms with Crippen LogP contribution in [0.25, 0.3) is 0 Å². The fraction of sp³-hybridized carbons (Fsp3) is 0.545. The van der Waals surface area contributed by atoms with Crippen LogP contribution in [-0.2, 0) is 12.8 Å². The van der Waals surface area contributed by atoms with E-state index in [9.17, 15) is 5.11 Å². The second-order valence-electron chi connectivity index (χ2n) is 4.79. The summed E-state index contributed by atoms with van der Waals surface area (Å²) >= 11 is 0. The van der Waals surface area contributed by atoms with Crippen molar-refractivity contribution < 1.29 is 5.11 Å². The van der Waals surface area contributed by atoms with Gasteiger partial charge in [0.15, 0.2) is 0 Å². The van der Waals surface area contributed by atoms with Gasteiger partial charge in [0, 0.05) is 25.0 Å². The maximum atomic E-state index is 9.75. The van der Waals surface area contributed by atoms with Gasteiger partial charge in [-0.3, -0.25) is 0 Å². The van der Waals surface area contributed by atoms with Gasteiger partial charge in [-0.25, -0.2) is 4.68 Å². The number of aliphatic hydroxyl groups excluding tert-OH is 1. The van der Waals surface area contributed by atoms with Crippen LogP contribution in [0.2, 0.25) is 0 Å². The maximum Gasteiger partial charge on any atom is 0.0584 e. The van der Waals surface area contributed by atoms with Crippen molar-refractivity contribution in [2.75, 3.05) is 0 Å². The van der Waals surface area contributed by atoms with Crippen molar-refractivity contribution in [1.82, 2.24) is 4.68 Å². The van der Waals surface area contributed by atoms with E-state index in [0.717, 1.165) is 31.4 Å². The lowest BCUT2D eigenvalue weighted by molar-refractivity contribution is 0.158. The number of hydrogen-bond acceptors (Lipinski definition) is 4. The second-order valence-corrected chi connectivity index (χ2v) is 4.79. The zero-order valence-corrected chi connectivity index (χ0v) is 8.80. The Morgan fingerprint density at radius 2 is 2.31 bits per heavy atom. The van der Waals surface area contributed by atoms with Gasteiger partial charge in [-0.2, -0.15) is 0 Å². The topological polar surface area (TPSA) is 62.2 Å². The molecule has 0 saturated heterocycles. The highest BCUT2D eigenvalue weighted by atomic mass is 16.3. The minimum atomic E-state index is -0.195. The average Bonchev–Trinajstić information content (AvgIpc) is 2.94. The predicted octanol–water partition coefficient (Wildman–Crippen LogP) is 1.41. The van der Waals surface area contributed by atoms with Crippen LogP contribution in [0.15, 0.2) is 21.7 Å². The summed E-state index contributed by atoms with van der Waals surface area (Å²) in [5.41, 5.74) is 4.96. The molecule has 2 atom stereocenters. The minimum Gasteiger partial charge on any atom is -0.393 e. The Hall–Kier alpha value is -1.49. The zero-order valence-electron chi connectivity index (χ0n) is 8.80. The molecule has 5 heteroatoms. The van der Waals surface area contributed by atoms with E-state index in [-0.39, 0.29) is 6.10 Å². The molecule has 0 bridgehead atoms. The van der Waals surface area contributed by atoms with Gasteiger partial charge >= 0.3 is 0 Å². The van der Waals surface area contributed by atoms with Crippen LogP contribution in [0.1, 0.15) is 35.6 Å². The molecular formula is C11H12N4O. The normalized spacial score (nSPS) is 29.9. The Bertz CT molecular complexity index is 528. The van der Waals surface area contributed by atoms with Gasteiger partial charge in [0.05, 0.1) is 17.5 Å². The SMILES string of the molecule is OC1CCc2cn3c(c2C1)C1CC1=NN=N3. The fourth-order valence-corrected chi connectivity index (χ4v) is 2.79. The molecule has 0 aromatic carbocycles. The first-order valence-electron chi connectivity index (χ1n) is 5.72. The second kappa shape index (κ2) is 2.79. The number of fused-ring (bicyclic) bond motifs is 5. The summed E-state index contributed by atoms with van der Waals surface area (Å²) in [5, 5.41) is 21.7. The molecule has 4 rings (SSSR count). The molecule has 0 radical (unpaired) electrons. The molecule has 1 saturated carbocycles. The van der Waals surface area contributed by atoms with Crippen molar-refractivity contribution in [3.8, 4) is 0 Å². The van der Waals surface area contributed by atoms with E-state index < -0.39 is 0 Å². The number of aromatic nitrogens is 1. The van der Waals surface area contributed by atoms with Crippen LogP contribution in [0.3, 0.4) is 0 Å². The first-order valence-corrected chi connectivity index (χ1v) is 5.72. The highest BCUT2D eigenvalue weighted by Crippen LogP contribution is 2.43. The van der Waals surface area contributed by atoms with Crippen LogP contribution in [0.4, 0.5) is 0 Å². The molecule has 2 unspecified atom stereocenters. The largest absolute Gasteiger partial charge is 0.393 e. The molecule has 3 aliphatic rings. The van der Waals surface area contributed by atoms with Crippen molar-refractivity contribution in [2.24, 2.45) is 15.5 Å². The van der Waals surface area contributed by atoms with Crippen LogP contribution >= 0.6 is 0 Å². The molecule has 1 fully saturated rings. The lowest BCUT2D eigenvalue weighted by Gasteiger charge is -2.18. The lowest BCUT2D eigenvalue weighted by atomic mass is 9.91. The number of hydrogen-bond donors (Lipinski definition) is 1. The molecule has 2 heterocycles. The third-order valence-corrected chi connectivity index (χ3v) is 3.70. The van der Waals surface area contributed by atoms with E-state index in [2.05, 4.69) is 21.7 Å². The smallest absolute Gasteiger partial charge is 0.0584 e. The monoisotopic (exact) mass is 216 g/mol. The van der Waals surface area contributed by atoms with Gasteiger partial charge in [-0.1, -0.05) is 0 Å². The zero-order chi connectivity index (χ0) is 10.7. The molecule has 2 aliphatic carbocycles. The highest BCUT2D eigenvalue weighted by Gasteiger charge is 2.41. The summed E-state index contributed by atoms with van der Waals surface area (Å²) in [7, 11) is 0. The first-order chi connectivity index (χ1) is 7.83. The molecular weight excluding hydrogens is 204 g/mol. The summed E-state index contributed by atoms with van der Waals surface area (Å²) in [5.74, 6) is 0.407. The van der Waals surface area contributed by atoms with Gasteiger partial charge in [0.2, 0.25) is 0 Å². The van der Waals surface area contributed by atoms with Gasteiger partial charge < -0.3 is 5.11 Å². The van der Waals surface area contributed by atoms with E-state index in [0.29, 0.717) is 5.92 Å². The molecule has 0 spiro atoms. The van der Waals surface area contributed by atoms with Crippen LogP contribution in [0, 0.1) is 0 Å². The summed E-state index contributed by atoms with van der Waals surface area (Å²) < 4.78 is 1.86. The van der Waals surface area contributed by atoms with Crippen LogP contribution < -0.4 is 0 Å². The summed E-state index contributed by atoms with van der Waals surface area (Å²) in [4.78, 5) is 0. The lowest BCUT2D eigenvalue weighted by Crippen LogP contribution is -2.18. The van der Waals surface area contributed by atoms with Crippen molar-refractivity contribution in [3.05, 3.63) is 23.0 Å². The molecule has 82 valence electrons. The number of rotatable bonds is 0. The third-order valence-electron chi connectivity index (χ3n) is 3.70. The van der Waals surface area contributed by atoms with Gasteiger partial charge in [0.1, 0.15) is 0 Å². The van der Waals surface area contributed by atoms with Gasteiger partial charge in [-0.05, 0) is 34.4 Å². The van der Waals surface area contributed by atoms with Crippen LogP contribution in [-0.4, -0.2) is 21.6 Å². The predicted molar refractivity (Wildman–Crippen MR) is 57.5 cm³/mol. The Kier molecular flexibility index (Phi) is 1.51. The summed E-state index contributed by atoms with van der Waals surface area (Å²) in [6.45, 7) is 0. The Balaban J connectivity index is 1.90. The van der Waals surface area contributed by atoms with E-state index >= 15 is 0 Å². The fourth-order valence-electron chi connectivity index (χ4n) is 2.79. The maximum absolute atomic E-state index is 9.75. The third kappa shape index (κ3) is 1.06. The summed E-state index contributed by atoms with van der Waals surface area (Å²) in [6.07, 6.45) is 5.43. The van der Waals surface area contributed by atoms with Crippen molar-refractivity contribution in [1.29, 1.82) is 0 Å². The molecule has 16 heavy (non-hydrogen) atoms. The molecule has 0 amide bonds. The highest BCUT2D eigenvalue weighted by molar-refractivity contribution is 6.06. The molecule has 1 aliphatic heterocycles. The van der Waals surface area contributed by atoms with E-state index in [1.807, 2.05) is 4.68 Å². The van der Waals surface area contributed by atoms with Gasteiger partial charge in [-0.15, -0.1) is 5.10 Å². The molecule has 5 nitrogen and oxygen atoms in total.